The maximum Gasteiger partial charge on any atom is 0.320 e. The molecule has 1 aliphatic rings. The lowest BCUT2D eigenvalue weighted by Gasteiger charge is -2.21. The fraction of sp³-hybridized carbons (Fsp3) is 0.357. The van der Waals surface area contributed by atoms with Crippen molar-refractivity contribution in [2.75, 3.05) is 14.2 Å². The van der Waals surface area contributed by atoms with Crippen molar-refractivity contribution in [3.8, 4) is 5.75 Å². The number of carbonyl (C=O) groups is 3. The lowest BCUT2D eigenvalue weighted by Crippen LogP contribution is -2.38. The Morgan fingerprint density at radius 3 is 2.74 bits per heavy atom. The van der Waals surface area contributed by atoms with Gasteiger partial charge in [0.05, 0.1) is 14.2 Å². The average molecular weight is 262 g/mol. The van der Waals surface area contributed by atoms with Crippen molar-refractivity contribution in [2.24, 2.45) is 5.41 Å². The molecule has 0 amide bonds. The smallest absolute Gasteiger partial charge is 0.320 e. The Bertz CT molecular complexity index is 549. The second-order valence-corrected chi connectivity index (χ2v) is 4.47. The predicted molar refractivity (Wildman–Crippen MR) is 66.2 cm³/mol. The molecule has 1 unspecified atom stereocenters. The first-order chi connectivity index (χ1) is 9.08. The highest BCUT2D eigenvalue weighted by molar-refractivity contribution is 6.17. The number of ketones is 1. The number of carbonyl (C=O) groups excluding carboxylic acids is 3. The molecule has 0 N–H and O–H groups in total. The van der Waals surface area contributed by atoms with Gasteiger partial charge in [-0.05, 0) is 24.1 Å². The summed E-state index contributed by atoms with van der Waals surface area (Å²) in [5.74, 6) is -0.501. The maximum atomic E-state index is 12.5. The van der Waals surface area contributed by atoms with E-state index in [1.165, 1.54) is 14.2 Å². The van der Waals surface area contributed by atoms with E-state index in [1.54, 1.807) is 18.2 Å². The van der Waals surface area contributed by atoms with Crippen LogP contribution in [-0.2, 0) is 20.7 Å². The Morgan fingerprint density at radius 1 is 1.42 bits per heavy atom. The van der Waals surface area contributed by atoms with E-state index in [4.69, 9.17) is 9.47 Å². The molecule has 19 heavy (non-hydrogen) atoms. The quantitative estimate of drug-likeness (QED) is 0.463. The first kappa shape index (κ1) is 13.3. The molecule has 0 fully saturated rings. The van der Waals surface area contributed by atoms with Gasteiger partial charge in [0, 0.05) is 12.0 Å². The fourth-order valence-electron chi connectivity index (χ4n) is 2.46. The summed E-state index contributed by atoms with van der Waals surface area (Å²) in [7, 11) is 2.71. The van der Waals surface area contributed by atoms with Gasteiger partial charge in [0.15, 0.2) is 5.78 Å². The van der Waals surface area contributed by atoms with E-state index in [-0.39, 0.29) is 18.6 Å². The van der Waals surface area contributed by atoms with E-state index in [2.05, 4.69) is 0 Å². The SMILES string of the molecule is COC(=O)C1(CC=O)Cc2ccc(OC)cc2C1=O. The van der Waals surface area contributed by atoms with E-state index in [0.29, 0.717) is 17.6 Å². The highest BCUT2D eigenvalue weighted by Gasteiger charge is 2.52. The highest BCUT2D eigenvalue weighted by Crippen LogP contribution is 2.41. The van der Waals surface area contributed by atoms with Crippen molar-refractivity contribution in [3.63, 3.8) is 0 Å². The molecule has 5 nitrogen and oxygen atoms in total. The normalized spacial score (nSPS) is 20.8. The van der Waals surface area contributed by atoms with E-state index in [9.17, 15) is 14.4 Å². The van der Waals surface area contributed by atoms with E-state index in [1.807, 2.05) is 0 Å². The molecular weight excluding hydrogens is 248 g/mol. The molecule has 0 aliphatic heterocycles. The third-order valence-corrected chi connectivity index (χ3v) is 3.50. The van der Waals surface area contributed by atoms with Crippen LogP contribution in [0, 0.1) is 5.41 Å². The summed E-state index contributed by atoms with van der Waals surface area (Å²) in [6, 6.07) is 5.05. The van der Waals surface area contributed by atoms with Crippen LogP contribution in [0.25, 0.3) is 0 Å². The molecule has 100 valence electrons. The number of rotatable bonds is 4. The number of benzene rings is 1. The lowest BCUT2D eigenvalue weighted by atomic mass is 9.81. The van der Waals surface area contributed by atoms with Crippen LogP contribution in [0.15, 0.2) is 18.2 Å². The Kier molecular flexibility index (Phi) is 3.38. The van der Waals surface area contributed by atoms with Crippen LogP contribution in [0.2, 0.25) is 0 Å². The lowest BCUT2D eigenvalue weighted by molar-refractivity contribution is -0.150. The molecular formula is C14H14O5. The standard InChI is InChI=1S/C14H14O5/c1-18-10-4-3-9-8-14(5-6-15,13(17)19-2)12(16)11(9)7-10/h3-4,6-7H,5,8H2,1-2H3. The number of esters is 1. The Balaban J connectivity index is 2.50. The van der Waals surface area contributed by atoms with E-state index < -0.39 is 11.4 Å². The molecule has 0 bridgehead atoms. The molecule has 0 aromatic heterocycles. The molecule has 0 heterocycles. The summed E-state index contributed by atoms with van der Waals surface area (Å²) >= 11 is 0. The molecule has 0 saturated carbocycles. The molecule has 1 aromatic carbocycles. The molecule has 0 radical (unpaired) electrons. The number of hydrogen-bond acceptors (Lipinski definition) is 5. The first-order valence-electron chi connectivity index (χ1n) is 5.83. The van der Waals surface area contributed by atoms with Crippen molar-refractivity contribution >= 4 is 18.0 Å². The van der Waals surface area contributed by atoms with Crippen LogP contribution in [0.3, 0.4) is 0 Å². The van der Waals surface area contributed by atoms with Crippen LogP contribution in [0.4, 0.5) is 0 Å². The van der Waals surface area contributed by atoms with Gasteiger partial charge in [-0.25, -0.2) is 0 Å². The van der Waals surface area contributed by atoms with Crippen LogP contribution in [-0.4, -0.2) is 32.3 Å². The number of ether oxygens (including phenoxy) is 2. The van der Waals surface area contributed by atoms with Crippen molar-refractivity contribution in [2.45, 2.75) is 12.8 Å². The highest BCUT2D eigenvalue weighted by atomic mass is 16.5. The third-order valence-electron chi connectivity index (χ3n) is 3.50. The Hall–Kier alpha value is -2.17. The van der Waals surface area contributed by atoms with E-state index in [0.717, 1.165) is 5.56 Å². The second-order valence-electron chi connectivity index (χ2n) is 4.47. The van der Waals surface area contributed by atoms with Crippen LogP contribution in [0.5, 0.6) is 5.75 Å². The second kappa shape index (κ2) is 4.84. The molecule has 0 spiro atoms. The zero-order chi connectivity index (χ0) is 14.0. The van der Waals surface area contributed by atoms with E-state index >= 15 is 0 Å². The predicted octanol–water partition coefficient (Wildman–Crippen LogP) is 1.18. The maximum absolute atomic E-state index is 12.5. The molecule has 1 aliphatic carbocycles. The summed E-state index contributed by atoms with van der Waals surface area (Å²) in [5.41, 5.74) is -0.254. The van der Waals surface area contributed by atoms with Crippen LogP contribution < -0.4 is 4.74 Å². The minimum absolute atomic E-state index is 0.171. The summed E-state index contributed by atoms with van der Waals surface area (Å²) in [6.45, 7) is 0. The van der Waals surface area contributed by atoms with Gasteiger partial charge in [-0.3, -0.25) is 9.59 Å². The van der Waals surface area contributed by atoms with Gasteiger partial charge in [0.2, 0.25) is 0 Å². The molecule has 2 rings (SSSR count). The number of hydrogen-bond donors (Lipinski definition) is 0. The Morgan fingerprint density at radius 2 is 2.16 bits per heavy atom. The van der Waals surface area contributed by atoms with Gasteiger partial charge in [-0.15, -0.1) is 0 Å². The van der Waals surface area contributed by atoms with Gasteiger partial charge in [0.25, 0.3) is 0 Å². The molecule has 5 heteroatoms. The van der Waals surface area contributed by atoms with Gasteiger partial charge in [-0.2, -0.15) is 0 Å². The third kappa shape index (κ3) is 1.91. The van der Waals surface area contributed by atoms with Crippen molar-refractivity contribution in [3.05, 3.63) is 29.3 Å². The molecule has 0 saturated heterocycles. The van der Waals surface area contributed by atoms with Crippen molar-refractivity contribution in [1.29, 1.82) is 0 Å². The summed E-state index contributed by atoms with van der Waals surface area (Å²) in [5, 5.41) is 0. The summed E-state index contributed by atoms with van der Waals surface area (Å²) < 4.78 is 9.76. The topological polar surface area (TPSA) is 69.7 Å². The van der Waals surface area contributed by atoms with Crippen molar-refractivity contribution in [1.82, 2.24) is 0 Å². The number of fused-ring (bicyclic) bond motifs is 1. The monoisotopic (exact) mass is 262 g/mol. The number of aldehydes is 1. The summed E-state index contributed by atoms with van der Waals surface area (Å²) in [4.78, 5) is 35.2. The van der Waals surface area contributed by atoms with Crippen LogP contribution in [0.1, 0.15) is 22.3 Å². The zero-order valence-electron chi connectivity index (χ0n) is 10.8. The minimum Gasteiger partial charge on any atom is -0.497 e. The first-order valence-corrected chi connectivity index (χ1v) is 5.83. The zero-order valence-corrected chi connectivity index (χ0v) is 10.8. The average Bonchev–Trinajstić information content (AvgIpc) is 2.72. The van der Waals surface area contributed by atoms with Gasteiger partial charge in [-0.1, -0.05) is 6.07 Å². The number of Topliss-reactive ketones (excluding diaryl/α,β-unsaturated/α-hetero) is 1. The number of methoxy groups -OCH3 is 2. The molecule has 1 atom stereocenters. The van der Waals surface area contributed by atoms with Gasteiger partial charge < -0.3 is 14.3 Å². The van der Waals surface area contributed by atoms with Crippen LogP contribution >= 0.6 is 0 Å². The summed E-state index contributed by atoms with van der Waals surface area (Å²) in [6.07, 6.45) is 0.601. The van der Waals surface area contributed by atoms with Gasteiger partial charge in [0.1, 0.15) is 17.5 Å². The minimum atomic E-state index is -1.41. The van der Waals surface area contributed by atoms with Crippen molar-refractivity contribution < 1.29 is 23.9 Å². The largest absolute Gasteiger partial charge is 0.497 e. The molecule has 1 aromatic rings. The van der Waals surface area contributed by atoms with Gasteiger partial charge >= 0.3 is 5.97 Å². The Labute approximate surface area is 110 Å². The fourth-order valence-corrected chi connectivity index (χ4v) is 2.46.